The molecule has 35 heavy (non-hydrogen) atoms. The summed E-state index contributed by atoms with van der Waals surface area (Å²) in [6.07, 6.45) is 3.78. The second-order valence-corrected chi connectivity index (χ2v) is 11.7. The van der Waals surface area contributed by atoms with Crippen molar-refractivity contribution in [3.05, 3.63) is 57.9 Å². The lowest BCUT2D eigenvalue weighted by Crippen LogP contribution is -2.31. The molecule has 2 heterocycles. The van der Waals surface area contributed by atoms with Crippen LogP contribution in [0, 0.1) is 13.8 Å². The Labute approximate surface area is 208 Å². The fourth-order valence-electron chi connectivity index (χ4n) is 4.30. The minimum atomic E-state index is -3.60. The Morgan fingerprint density at radius 3 is 2.31 bits per heavy atom. The summed E-state index contributed by atoms with van der Waals surface area (Å²) in [5.41, 5.74) is 3.14. The summed E-state index contributed by atoms with van der Waals surface area (Å²) < 4.78 is 35.0. The van der Waals surface area contributed by atoms with Crippen LogP contribution in [0.1, 0.15) is 47.2 Å². The molecular weight excluding hydrogens is 486 g/mol. The molecule has 10 heteroatoms. The van der Waals surface area contributed by atoms with E-state index in [1.54, 1.807) is 4.57 Å². The number of nitrogens with zero attached hydrogens (tertiary/aromatic N) is 3. The van der Waals surface area contributed by atoms with Crippen molar-refractivity contribution in [3.8, 4) is 0 Å². The lowest BCUT2D eigenvalue weighted by Gasteiger charge is -2.19. The molecule has 0 atom stereocenters. The van der Waals surface area contributed by atoms with Crippen LogP contribution in [0.2, 0.25) is 0 Å². The van der Waals surface area contributed by atoms with E-state index in [1.165, 1.54) is 47.0 Å². The zero-order valence-corrected chi connectivity index (χ0v) is 21.7. The highest BCUT2D eigenvalue weighted by Crippen LogP contribution is 2.24. The number of hydrogen-bond donors (Lipinski definition) is 0. The second kappa shape index (κ2) is 10.4. The predicted octanol–water partition coefficient (Wildman–Crippen LogP) is 3.80. The molecule has 2 aromatic carbocycles. The third kappa shape index (κ3) is 5.39. The predicted molar refractivity (Wildman–Crippen MR) is 135 cm³/mol. The number of carbonyl (C=O) groups excluding carboxylic acids is 2. The first kappa shape index (κ1) is 25.3. The largest absolute Gasteiger partial charge is 0.468 e. The highest BCUT2D eigenvalue weighted by molar-refractivity contribution is 7.89. The van der Waals surface area contributed by atoms with E-state index in [2.05, 4.69) is 4.99 Å². The first-order chi connectivity index (χ1) is 16.7. The van der Waals surface area contributed by atoms with Gasteiger partial charge >= 0.3 is 5.97 Å². The van der Waals surface area contributed by atoms with Crippen LogP contribution >= 0.6 is 11.3 Å². The number of aromatic nitrogens is 1. The molecule has 1 amide bonds. The lowest BCUT2D eigenvalue weighted by atomic mass is 10.1. The first-order valence-electron chi connectivity index (χ1n) is 11.6. The Morgan fingerprint density at radius 1 is 1.03 bits per heavy atom. The molecule has 3 aromatic rings. The Morgan fingerprint density at radius 2 is 1.69 bits per heavy atom. The standard InChI is InChI=1S/C25H29N3O5S2/c1-17-14-18(2)23-21(15-17)28(16-22(29)33-3)25(34-23)26-24(30)19-8-10-20(11-9-19)35(31,32)27-12-6-4-5-7-13-27/h8-11,14-15H,4-7,12-13,16H2,1-3H3. The summed E-state index contributed by atoms with van der Waals surface area (Å²) >= 11 is 1.33. The fraction of sp³-hybridized carbons (Fsp3) is 0.400. The summed E-state index contributed by atoms with van der Waals surface area (Å²) in [6.45, 7) is 4.91. The highest BCUT2D eigenvalue weighted by Gasteiger charge is 2.25. The molecule has 1 saturated heterocycles. The number of thiazole rings is 1. The number of rotatable bonds is 5. The van der Waals surface area contributed by atoms with E-state index >= 15 is 0 Å². The van der Waals surface area contributed by atoms with Crippen LogP contribution < -0.4 is 4.80 Å². The van der Waals surface area contributed by atoms with Gasteiger partial charge in [0.2, 0.25) is 10.0 Å². The van der Waals surface area contributed by atoms with Gasteiger partial charge in [0.1, 0.15) is 6.54 Å². The zero-order valence-electron chi connectivity index (χ0n) is 20.1. The summed E-state index contributed by atoms with van der Waals surface area (Å²) in [4.78, 5) is 29.9. The molecule has 1 aliphatic heterocycles. The minimum Gasteiger partial charge on any atom is -0.468 e. The van der Waals surface area contributed by atoms with Crippen LogP contribution in [0.4, 0.5) is 0 Å². The van der Waals surface area contributed by atoms with Gasteiger partial charge in [-0.2, -0.15) is 9.30 Å². The second-order valence-electron chi connectivity index (χ2n) is 8.74. The lowest BCUT2D eigenvalue weighted by molar-refractivity contribution is -0.141. The maximum atomic E-state index is 13.0. The first-order valence-corrected chi connectivity index (χ1v) is 13.8. The Kier molecular flexibility index (Phi) is 7.53. The van der Waals surface area contributed by atoms with E-state index in [4.69, 9.17) is 4.74 Å². The van der Waals surface area contributed by atoms with Crippen molar-refractivity contribution in [2.24, 2.45) is 4.99 Å². The van der Waals surface area contributed by atoms with E-state index in [1.807, 2.05) is 26.0 Å². The molecule has 0 aliphatic carbocycles. The van der Waals surface area contributed by atoms with Gasteiger partial charge in [0.25, 0.3) is 5.91 Å². The quantitative estimate of drug-likeness (QED) is 0.482. The Bertz CT molecular complexity index is 1430. The number of hydrogen-bond acceptors (Lipinski definition) is 6. The van der Waals surface area contributed by atoms with Gasteiger partial charge in [-0.1, -0.05) is 30.2 Å². The third-order valence-electron chi connectivity index (χ3n) is 6.13. The molecule has 1 aromatic heterocycles. The van der Waals surface area contributed by atoms with Gasteiger partial charge in [0.15, 0.2) is 4.80 Å². The molecule has 8 nitrogen and oxygen atoms in total. The van der Waals surface area contributed by atoms with Crippen molar-refractivity contribution >= 4 is 43.5 Å². The molecule has 4 rings (SSSR count). The number of methoxy groups -OCH3 is 1. The number of ether oxygens (including phenoxy) is 1. The molecule has 186 valence electrons. The van der Waals surface area contributed by atoms with Crippen molar-refractivity contribution in [3.63, 3.8) is 0 Å². The summed E-state index contributed by atoms with van der Waals surface area (Å²) in [5, 5.41) is 0. The van der Waals surface area contributed by atoms with E-state index < -0.39 is 21.9 Å². The monoisotopic (exact) mass is 515 g/mol. The van der Waals surface area contributed by atoms with E-state index in [0.717, 1.165) is 47.0 Å². The SMILES string of the molecule is COC(=O)Cn1c(=NC(=O)c2ccc(S(=O)(=O)N3CCCCCC3)cc2)sc2c(C)cc(C)cc21. The molecule has 1 fully saturated rings. The maximum Gasteiger partial charge on any atom is 0.325 e. The van der Waals surface area contributed by atoms with E-state index in [9.17, 15) is 18.0 Å². The number of benzene rings is 2. The summed E-state index contributed by atoms with van der Waals surface area (Å²) in [7, 11) is -2.28. The van der Waals surface area contributed by atoms with Crippen LogP contribution in [0.5, 0.6) is 0 Å². The number of sulfonamides is 1. The van der Waals surface area contributed by atoms with Gasteiger partial charge in [0, 0.05) is 18.7 Å². The Hall–Kier alpha value is -2.82. The number of aryl methyl sites for hydroxylation is 2. The molecule has 0 radical (unpaired) electrons. The van der Waals surface area contributed by atoms with E-state index in [0.29, 0.717) is 17.9 Å². The van der Waals surface area contributed by atoms with Crippen LogP contribution in [0.3, 0.4) is 0 Å². The van der Waals surface area contributed by atoms with Gasteiger partial charge in [-0.25, -0.2) is 8.42 Å². The molecule has 0 saturated carbocycles. The van der Waals surface area contributed by atoms with Gasteiger partial charge in [-0.3, -0.25) is 9.59 Å². The average Bonchev–Trinajstić information content (AvgIpc) is 3.01. The number of carbonyl (C=O) groups is 2. The molecule has 0 unspecified atom stereocenters. The average molecular weight is 516 g/mol. The third-order valence-corrected chi connectivity index (χ3v) is 9.27. The van der Waals surface area contributed by atoms with Crippen LogP contribution in [0.15, 0.2) is 46.3 Å². The van der Waals surface area contributed by atoms with E-state index in [-0.39, 0.29) is 17.0 Å². The number of amides is 1. The van der Waals surface area contributed by atoms with Gasteiger partial charge < -0.3 is 9.30 Å². The van der Waals surface area contributed by atoms with Gasteiger partial charge in [0.05, 0.1) is 22.2 Å². The fourth-order valence-corrected chi connectivity index (χ4v) is 6.89. The van der Waals surface area contributed by atoms with Crippen LogP contribution in [-0.2, 0) is 26.1 Å². The van der Waals surface area contributed by atoms with Crippen molar-refractivity contribution < 1.29 is 22.7 Å². The van der Waals surface area contributed by atoms with Gasteiger partial charge in [-0.15, -0.1) is 0 Å². The normalized spacial score (nSPS) is 15.8. The summed E-state index contributed by atoms with van der Waals surface area (Å²) in [6, 6.07) is 9.89. The van der Waals surface area contributed by atoms with Crippen molar-refractivity contribution in [1.82, 2.24) is 8.87 Å². The molecule has 0 N–H and O–H groups in total. The molecule has 0 bridgehead atoms. The highest BCUT2D eigenvalue weighted by atomic mass is 32.2. The van der Waals surface area contributed by atoms with Crippen LogP contribution in [0.25, 0.3) is 10.2 Å². The number of esters is 1. The zero-order chi connectivity index (χ0) is 25.2. The summed E-state index contributed by atoms with van der Waals surface area (Å²) in [5.74, 6) is -0.955. The molecule has 1 aliphatic rings. The minimum absolute atomic E-state index is 0.0709. The molecular formula is C25H29N3O5S2. The maximum absolute atomic E-state index is 13.0. The van der Waals surface area contributed by atoms with Crippen molar-refractivity contribution in [2.75, 3.05) is 20.2 Å². The van der Waals surface area contributed by atoms with Gasteiger partial charge in [-0.05, 0) is 68.1 Å². The van der Waals surface area contributed by atoms with Crippen LogP contribution in [-0.4, -0.2) is 49.4 Å². The van der Waals surface area contributed by atoms with Crippen molar-refractivity contribution in [1.29, 1.82) is 0 Å². The Balaban J connectivity index is 1.68. The smallest absolute Gasteiger partial charge is 0.325 e. The topological polar surface area (TPSA) is 98.0 Å². The van der Waals surface area contributed by atoms with Crippen molar-refractivity contribution in [2.45, 2.75) is 51.0 Å². The number of fused-ring (bicyclic) bond motifs is 1. The molecule has 0 spiro atoms.